The Morgan fingerprint density at radius 2 is 1.87 bits per heavy atom. The van der Waals surface area contributed by atoms with E-state index in [0.717, 1.165) is 5.56 Å². The lowest BCUT2D eigenvalue weighted by Crippen LogP contribution is -2.22. The Morgan fingerprint density at radius 1 is 1.10 bits per heavy atom. The minimum Gasteiger partial charge on any atom is -0.493 e. The first kappa shape index (κ1) is 20.8. The molecule has 1 fully saturated rings. The van der Waals surface area contributed by atoms with Gasteiger partial charge in [0.2, 0.25) is 0 Å². The number of hydrogen-bond donors (Lipinski definition) is 1. The van der Waals surface area contributed by atoms with Crippen molar-refractivity contribution in [3.63, 3.8) is 0 Å². The summed E-state index contributed by atoms with van der Waals surface area (Å²) < 4.78 is 10.9. The van der Waals surface area contributed by atoms with Gasteiger partial charge in [-0.25, -0.2) is 4.98 Å². The third-order valence-corrected chi connectivity index (χ3v) is 5.87. The summed E-state index contributed by atoms with van der Waals surface area (Å²) in [7, 11) is 3.11. The molecule has 1 aliphatic heterocycles. The molecule has 1 N–H and O–H groups in total. The number of hydrogen-bond acceptors (Lipinski definition) is 7. The fraction of sp³-hybridized carbons (Fsp3) is 0.0909. The van der Waals surface area contributed by atoms with Crippen molar-refractivity contribution in [2.75, 3.05) is 14.2 Å². The summed E-state index contributed by atoms with van der Waals surface area (Å²) in [6.07, 6.45) is 4.69. The number of rotatable bonds is 5. The van der Waals surface area contributed by atoms with Crippen LogP contribution in [0.1, 0.15) is 11.3 Å². The Kier molecular flexibility index (Phi) is 5.88. The fourth-order valence-electron chi connectivity index (χ4n) is 3.00. The predicted octanol–water partition coefficient (Wildman–Crippen LogP) is 3.81. The minimum absolute atomic E-state index is 0.191. The normalized spacial score (nSPS) is 15.4. The molecule has 0 bridgehead atoms. The highest BCUT2D eigenvalue weighted by Gasteiger charge is 2.30. The maximum Gasteiger partial charge on any atom is 0.274 e. The Balaban J connectivity index is 1.60. The summed E-state index contributed by atoms with van der Waals surface area (Å²) in [5, 5.41) is 0. The van der Waals surface area contributed by atoms with Crippen LogP contribution in [0.5, 0.6) is 11.5 Å². The zero-order valence-corrected chi connectivity index (χ0v) is 18.3. The second kappa shape index (κ2) is 8.75. The molecule has 3 aromatic rings. The molecule has 31 heavy (non-hydrogen) atoms. The molecule has 0 radical (unpaired) electrons. The van der Waals surface area contributed by atoms with Crippen LogP contribution >= 0.6 is 24.0 Å². The molecule has 1 aromatic heterocycles. The van der Waals surface area contributed by atoms with Crippen LogP contribution in [0.4, 0.5) is 0 Å². The van der Waals surface area contributed by atoms with Crippen molar-refractivity contribution in [3.05, 3.63) is 75.2 Å². The van der Waals surface area contributed by atoms with Crippen molar-refractivity contribution >= 4 is 57.4 Å². The average Bonchev–Trinajstić information content (AvgIpc) is 3.04. The van der Waals surface area contributed by atoms with E-state index in [1.165, 1.54) is 28.9 Å². The van der Waals surface area contributed by atoms with Gasteiger partial charge in [0.25, 0.3) is 11.5 Å². The van der Waals surface area contributed by atoms with E-state index in [4.69, 9.17) is 21.7 Å². The standard InChI is InChI=1S/C22H17N3O4S2/c1-28-17-8-7-13(11-18(17)29-2)12-19-21(27)25(22(30)31-19)10-9-16-20(26)24-15-6-4-3-5-14(15)23-16/h3-12H,1-2H3,(H,24,26)/b10-9-,19-12-. The molecule has 0 atom stereocenters. The fourth-order valence-corrected chi connectivity index (χ4v) is 4.23. The highest BCUT2D eigenvalue weighted by molar-refractivity contribution is 8.26. The molecule has 0 aliphatic carbocycles. The Hall–Kier alpha value is -3.43. The number of aromatic nitrogens is 2. The van der Waals surface area contributed by atoms with Crippen molar-refractivity contribution in [1.29, 1.82) is 0 Å². The van der Waals surface area contributed by atoms with Crippen LogP contribution in [0.15, 0.2) is 58.4 Å². The summed E-state index contributed by atoms with van der Waals surface area (Å²) in [5.41, 5.74) is 1.92. The second-order valence-electron chi connectivity index (χ2n) is 6.45. The van der Waals surface area contributed by atoms with Crippen molar-refractivity contribution in [1.82, 2.24) is 14.9 Å². The Labute approximate surface area is 187 Å². The molecule has 1 aliphatic rings. The summed E-state index contributed by atoms with van der Waals surface area (Å²) >= 11 is 6.53. The first-order chi connectivity index (χ1) is 15.0. The topological polar surface area (TPSA) is 84.5 Å². The van der Waals surface area contributed by atoms with Crippen molar-refractivity contribution < 1.29 is 14.3 Å². The molecule has 0 saturated carbocycles. The number of amides is 1. The minimum atomic E-state index is -0.346. The smallest absolute Gasteiger partial charge is 0.274 e. The number of para-hydroxylation sites is 2. The number of thiocarbonyl (C=S) groups is 1. The lowest BCUT2D eigenvalue weighted by molar-refractivity contribution is -0.120. The first-order valence-corrected chi connectivity index (χ1v) is 10.4. The van der Waals surface area contributed by atoms with E-state index >= 15 is 0 Å². The van der Waals surface area contributed by atoms with Gasteiger partial charge in [-0.2, -0.15) is 0 Å². The number of nitrogens with one attached hydrogen (secondary N) is 1. The molecule has 156 valence electrons. The van der Waals surface area contributed by atoms with Gasteiger partial charge in [-0.1, -0.05) is 42.2 Å². The van der Waals surface area contributed by atoms with Crippen molar-refractivity contribution in [2.45, 2.75) is 0 Å². The van der Waals surface area contributed by atoms with Crippen LogP contribution in [0.3, 0.4) is 0 Å². The Morgan fingerprint density at radius 3 is 2.65 bits per heavy atom. The summed E-state index contributed by atoms with van der Waals surface area (Å²) in [4.78, 5) is 34.0. The number of aromatic amines is 1. The van der Waals surface area contributed by atoms with Gasteiger partial charge >= 0.3 is 0 Å². The van der Waals surface area contributed by atoms with E-state index in [1.54, 1.807) is 44.6 Å². The monoisotopic (exact) mass is 451 g/mol. The Bertz CT molecular complexity index is 1310. The molecule has 1 amide bonds. The van der Waals surface area contributed by atoms with Gasteiger partial charge in [0.05, 0.1) is 30.2 Å². The molecule has 1 saturated heterocycles. The zero-order chi connectivity index (χ0) is 22.0. The highest BCUT2D eigenvalue weighted by Crippen LogP contribution is 2.35. The van der Waals surface area contributed by atoms with Gasteiger partial charge in [0, 0.05) is 6.20 Å². The average molecular weight is 452 g/mol. The van der Waals surface area contributed by atoms with E-state index in [9.17, 15) is 9.59 Å². The number of benzene rings is 2. The van der Waals surface area contributed by atoms with E-state index in [0.29, 0.717) is 31.8 Å². The van der Waals surface area contributed by atoms with Crippen LogP contribution in [-0.2, 0) is 4.79 Å². The number of thioether (sulfide) groups is 1. The quantitative estimate of drug-likeness (QED) is 0.466. The molecular weight excluding hydrogens is 434 g/mol. The van der Waals surface area contributed by atoms with Crippen molar-refractivity contribution in [2.24, 2.45) is 0 Å². The zero-order valence-electron chi connectivity index (χ0n) is 16.6. The van der Waals surface area contributed by atoms with E-state index < -0.39 is 0 Å². The van der Waals surface area contributed by atoms with E-state index in [1.807, 2.05) is 18.2 Å². The van der Waals surface area contributed by atoms with Crippen LogP contribution in [-0.4, -0.2) is 39.3 Å². The van der Waals surface area contributed by atoms with Gasteiger partial charge in [-0.05, 0) is 42.0 Å². The molecule has 2 heterocycles. The second-order valence-corrected chi connectivity index (χ2v) is 8.13. The lowest BCUT2D eigenvalue weighted by Gasteiger charge is -2.08. The molecule has 0 unspecified atom stereocenters. The number of ether oxygens (including phenoxy) is 2. The number of H-pyrrole nitrogens is 1. The summed E-state index contributed by atoms with van der Waals surface area (Å²) in [5.74, 6) is 0.884. The summed E-state index contributed by atoms with van der Waals surface area (Å²) in [6.45, 7) is 0. The number of fused-ring (bicyclic) bond motifs is 1. The molecular formula is C22H17N3O4S2. The molecule has 9 heteroatoms. The van der Waals surface area contributed by atoms with Crippen LogP contribution < -0.4 is 15.0 Å². The van der Waals surface area contributed by atoms with Gasteiger partial charge in [0.1, 0.15) is 5.69 Å². The highest BCUT2D eigenvalue weighted by atomic mass is 32.2. The van der Waals surface area contributed by atoms with Crippen molar-refractivity contribution in [3.8, 4) is 11.5 Å². The summed E-state index contributed by atoms with van der Waals surface area (Å²) in [6, 6.07) is 12.6. The third-order valence-electron chi connectivity index (χ3n) is 4.54. The van der Waals surface area contributed by atoms with E-state index in [-0.39, 0.29) is 17.2 Å². The number of carbonyl (C=O) groups excluding carboxylic acids is 1. The first-order valence-electron chi connectivity index (χ1n) is 9.16. The van der Waals surface area contributed by atoms with Gasteiger partial charge < -0.3 is 14.5 Å². The molecule has 4 rings (SSSR count). The molecule has 7 nitrogen and oxygen atoms in total. The van der Waals surface area contributed by atoms with Gasteiger partial charge in [0.15, 0.2) is 15.8 Å². The lowest BCUT2D eigenvalue weighted by atomic mass is 10.2. The maximum atomic E-state index is 12.9. The van der Waals surface area contributed by atoms with Crippen LogP contribution in [0.25, 0.3) is 23.2 Å². The van der Waals surface area contributed by atoms with E-state index in [2.05, 4.69) is 9.97 Å². The van der Waals surface area contributed by atoms with Gasteiger partial charge in [-0.15, -0.1) is 0 Å². The largest absolute Gasteiger partial charge is 0.493 e. The maximum absolute atomic E-state index is 12.9. The number of methoxy groups -OCH3 is 2. The molecule has 2 aromatic carbocycles. The van der Waals surface area contributed by atoms with Gasteiger partial charge in [-0.3, -0.25) is 14.5 Å². The molecule has 0 spiro atoms. The number of nitrogens with zero attached hydrogens (tertiary/aromatic N) is 2. The number of carbonyl (C=O) groups is 1. The predicted molar refractivity (Wildman–Crippen MR) is 126 cm³/mol. The van der Waals surface area contributed by atoms with Crippen LogP contribution in [0, 0.1) is 0 Å². The van der Waals surface area contributed by atoms with Crippen LogP contribution in [0.2, 0.25) is 0 Å². The SMILES string of the molecule is COc1ccc(/C=C2\SC(=S)N(/C=C\c3nc4ccccc4[nH]c3=O)C2=O)cc1OC. The third kappa shape index (κ3) is 4.23.